The molecule has 0 bridgehead atoms. The third-order valence-corrected chi connectivity index (χ3v) is 1.81. The Morgan fingerprint density at radius 3 is 2.27 bits per heavy atom. The molecule has 0 radical (unpaired) electrons. The summed E-state index contributed by atoms with van der Waals surface area (Å²) >= 11 is 0. The van der Waals surface area contributed by atoms with Gasteiger partial charge in [-0.25, -0.2) is 0 Å². The summed E-state index contributed by atoms with van der Waals surface area (Å²) in [6, 6.07) is 0. The van der Waals surface area contributed by atoms with Gasteiger partial charge in [0, 0.05) is 7.11 Å². The highest BCUT2D eigenvalue weighted by atomic mass is 16.5. The summed E-state index contributed by atoms with van der Waals surface area (Å²) in [4.78, 5) is 0. The fourth-order valence-corrected chi connectivity index (χ4v) is 1.07. The summed E-state index contributed by atoms with van der Waals surface area (Å²) in [5.74, 6) is 0. The molecular formula is C7H12O4. The summed E-state index contributed by atoms with van der Waals surface area (Å²) in [5.41, 5.74) is 0. The lowest BCUT2D eigenvalue weighted by atomic mass is 9.96. The van der Waals surface area contributed by atoms with Crippen molar-refractivity contribution in [3.8, 4) is 0 Å². The number of rotatable bonds is 1. The second-order valence-corrected chi connectivity index (χ2v) is 2.56. The average molecular weight is 160 g/mol. The summed E-state index contributed by atoms with van der Waals surface area (Å²) in [6.45, 7) is 0. The van der Waals surface area contributed by atoms with E-state index in [2.05, 4.69) is 0 Å². The van der Waals surface area contributed by atoms with Crippen LogP contribution in [0, 0.1) is 0 Å². The summed E-state index contributed by atoms with van der Waals surface area (Å²) < 4.78 is 4.81. The molecule has 0 saturated carbocycles. The molecule has 4 unspecified atom stereocenters. The Kier molecular flexibility index (Phi) is 2.62. The zero-order valence-corrected chi connectivity index (χ0v) is 6.21. The fraction of sp³-hybridized carbons (Fsp3) is 0.714. The van der Waals surface area contributed by atoms with E-state index in [0.29, 0.717) is 0 Å². The van der Waals surface area contributed by atoms with Crippen LogP contribution in [0.3, 0.4) is 0 Å². The van der Waals surface area contributed by atoms with Crippen LogP contribution in [-0.4, -0.2) is 46.8 Å². The lowest BCUT2D eigenvalue weighted by molar-refractivity contribution is -0.0980. The molecule has 0 amide bonds. The predicted molar refractivity (Wildman–Crippen MR) is 38.0 cm³/mol. The van der Waals surface area contributed by atoms with Gasteiger partial charge in [0.15, 0.2) is 0 Å². The van der Waals surface area contributed by atoms with Crippen LogP contribution in [0.1, 0.15) is 0 Å². The zero-order chi connectivity index (χ0) is 8.43. The standard InChI is InChI=1S/C7H12O4/c1-11-5-3-2-4(8)6(9)7(5)10/h2-10H,1H3. The molecule has 1 rings (SSSR count). The van der Waals surface area contributed by atoms with E-state index in [4.69, 9.17) is 14.9 Å². The lowest BCUT2D eigenvalue weighted by Crippen LogP contribution is -2.46. The molecule has 0 aromatic carbocycles. The lowest BCUT2D eigenvalue weighted by Gasteiger charge is -2.29. The van der Waals surface area contributed by atoms with Crippen LogP contribution in [0.25, 0.3) is 0 Å². The largest absolute Gasteiger partial charge is 0.387 e. The summed E-state index contributed by atoms with van der Waals surface area (Å²) in [6.07, 6.45) is -0.761. The van der Waals surface area contributed by atoms with Crippen molar-refractivity contribution < 1.29 is 20.1 Å². The van der Waals surface area contributed by atoms with Crippen molar-refractivity contribution >= 4 is 0 Å². The Labute approximate surface area is 64.7 Å². The second-order valence-electron chi connectivity index (χ2n) is 2.56. The molecule has 0 fully saturated rings. The number of methoxy groups -OCH3 is 1. The topological polar surface area (TPSA) is 69.9 Å². The van der Waals surface area contributed by atoms with E-state index in [1.807, 2.05) is 0 Å². The fourth-order valence-electron chi connectivity index (χ4n) is 1.07. The molecule has 0 spiro atoms. The first kappa shape index (κ1) is 8.67. The van der Waals surface area contributed by atoms with Gasteiger partial charge in [-0.15, -0.1) is 0 Å². The van der Waals surface area contributed by atoms with E-state index < -0.39 is 24.4 Å². The highest BCUT2D eigenvalue weighted by Gasteiger charge is 2.32. The minimum Gasteiger partial charge on any atom is -0.387 e. The smallest absolute Gasteiger partial charge is 0.112 e. The normalized spacial score (nSPS) is 44.4. The Balaban J connectivity index is 2.68. The van der Waals surface area contributed by atoms with E-state index in [1.165, 1.54) is 19.3 Å². The van der Waals surface area contributed by atoms with Gasteiger partial charge >= 0.3 is 0 Å². The number of aliphatic hydroxyl groups excluding tert-OH is 3. The first-order valence-electron chi connectivity index (χ1n) is 3.42. The van der Waals surface area contributed by atoms with Gasteiger partial charge in [-0.05, 0) is 0 Å². The van der Waals surface area contributed by atoms with Crippen LogP contribution in [0.2, 0.25) is 0 Å². The molecule has 1 aliphatic rings. The number of hydrogen-bond donors (Lipinski definition) is 3. The summed E-state index contributed by atoms with van der Waals surface area (Å²) in [5, 5.41) is 27.3. The van der Waals surface area contributed by atoms with Crippen molar-refractivity contribution in [2.24, 2.45) is 0 Å². The maximum atomic E-state index is 9.22. The molecule has 0 aromatic heterocycles. The maximum absolute atomic E-state index is 9.22. The van der Waals surface area contributed by atoms with Gasteiger partial charge in [0.25, 0.3) is 0 Å². The van der Waals surface area contributed by atoms with E-state index in [9.17, 15) is 5.11 Å². The first-order chi connectivity index (χ1) is 5.16. The van der Waals surface area contributed by atoms with Gasteiger partial charge in [0.2, 0.25) is 0 Å². The molecule has 11 heavy (non-hydrogen) atoms. The van der Waals surface area contributed by atoms with Gasteiger partial charge in [-0.1, -0.05) is 12.2 Å². The van der Waals surface area contributed by atoms with E-state index in [-0.39, 0.29) is 0 Å². The Hall–Kier alpha value is -0.420. The van der Waals surface area contributed by atoms with Gasteiger partial charge in [0.1, 0.15) is 24.4 Å². The molecular weight excluding hydrogens is 148 g/mol. The summed E-state index contributed by atoms with van der Waals surface area (Å²) in [7, 11) is 1.43. The molecule has 3 N–H and O–H groups in total. The minimum absolute atomic E-state index is 0.520. The average Bonchev–Trinajstić information content (AvgIpc) is 2.01. The van der Waals surface area contributed by atoms with Crippen LogP contribution < -0.4 is 0 Å². The van der Waals surface area contributed by atoms with Crippen molar-refractivity contribution in [2.45, 2.75) is 24.4 Å². The van der Waals surface area contributed by atoms with Crippen molar-refractivity contribution in [1.29, 1.82) is 0 Å². The molecule has 0 aromatic rings. The van der Waals surface area contributed by atoms with Crippen LogP contribution in [-0.2, 0) is 4.74 Å². The number of hydrogen-bond acceptors (Lipinski definition) is 4. The molecule has 4 atom stereocenters. The van der Waals surface area contributed by atoms with Crippen LogP contribution >= 0.6 is 0 Å². The van der Waals surface area contributed by atoms with Crippen LogP contribution in [0.4, 0.5) is 0 Å². The highest BCUT2D eigenvalue weighted by Crippen LogP contribution is 2.15. The van der Waals surface area contributed by atoms with Crippen LogP contribution in [0.5, 0.6) is 0 Å². The second kappa shape index (κ2) is 3.32. The minimum atomic E-state index is -1.15. The highest BCUT2D eigenvalue weighted by molar-refractivity contribution is 5.08. The van der Waals surface area contributed by atoms with E-state index in [1.54, 1.807) is 0 Å². The molecule has 4 heteroatoms. The first-order valence-corrected chi connectivity index (χ1v) is 3.42. The molecule has 0 heterocycles. The Morgan fingerprint density at radius 2 is 1.73 bits per heavy atom. The van der Waals surface area contributed by atoms with Gasteiger partial charge in [-0.2, -0.15) is 0 Å². The predicted octanol–water partition coefficient (Wildman–Crippen LogP) is -1.35. The molecule has 1 aliphatic carbocycles. The Morgan fingerprint density at radius 1 is 1.09 bits per heavy atom. The molecule has 0 aliphatic heterocycles. The SMILES string of the molecule is COC1C=CC(O)C(O)C1O. The van der Waals surface area contributed by atoms with E-state index >= 15 is 0 Å². The van der Waals surface area contributed by atoms with Gasteiger partial charge in [-0.3, -0.25) is 0 Å². The van der Waals surface area contributed by atoms with Crippen molar-refractivity contribution in [1.82, 2.24) is 0 Å². The molecule has 0 saturated heterocycles. The van der Waals surface area contributed by atoms with Gasteiger partial charge in [0.05, 0.1) is 0 Å². The third-order valence-electron chi connectivity index (χ3n) is 1.81. The molecule has 64 valence electrons. The monoisotopic (exact) mass is 160 g/mol. The molecule has 4 nitrogen and oxygen atoms in total. The van der Waals surface area contributed by atoms with E-state index in [0.717, 1.165) is 0 Å². The quantitative estimate of drug-likeness (QED) is 0.415. The van der Waals surface area contributed by atoms with Crippen molar-refractivity contribution in [3.63, 3.8) is 0 Å². The van der Waals surface area contributed by atoms with Crippen LogP contribution in [0.15, 0.2) is 12.2 Å². The Bertz CT molecular complexity index is 157. The maximum Gasteiger partial charge on any atom is 0.112 e. The number of aliphatic hydroxyl groups is 3. The van der Waals surface area contributed by atoms with Gasteiger partial charge < -0.3 is 20.1 Å². The zero-order valence-electron chi connectivity index (χ0n) is 6.21. The number of ether oxygens (including phenoxy) is 1. The third kappa shape index (κ3) is 1.59. The van der Waals surface area contributed by atoms with Crippen molar-refractivity contribution in [3.05, 3.63) is 12.2 Å². The van der Waals surface area contributed by atoms with Crippen molar-refractivity contribution in [2.75, 3.05) is 7.11 Å².